The lowest BCUT2D eigenvalue weighted by Crippen LogP contribution is -2.23. The third-order valence-electron chi connectivity index (χ3n) is 1.89. The summed E-state index contributed by atoms with van der Waals surface area (Å²) in [6.07, 6.45) is 1.24. The van der Waals surface area contributed by atoms with Gasteiger partial charge in [0, 0.05) is 26.8 Å². The number of aromatic carboxylic acids is 1. The van der Waals surface area contributed by atoms with Gasteiger partial charge in [0.05, 0.1) is 6.61 Å². The maximum absolute atomic E-state index is 10.7. The summed E-state index contributed by atoms with van der Waals surface area (Å²) in [6, 6.07) is 1.43. The number of nitrogens with zero attached hydrogens (tertiary/aromatic N) is 3. The molecule has 0 bridgehead atoms. The van der Waals surface area contributed by atoms with E-state index in [1.165, 1.54) is 12.4 Å². The standard InChI is InChI=1S/C9H13N3O3/c1-12(3-4-15-2)8-5-7(9(13)14)10-6-11-8/h5-6H,3-4H2,1-2H3,(H,13,14). The van der Waals surface area contributed by atoms with E-state index in [1.54, 1.807) is 12.0 Å². The SMILES string of the molecule is COCCN(C)c1cc(C(=O)O)ncn1. The molecule has 1 N–H and O–H groups in total. The van der Waals surface area contributed by atoms with Crippen LogP contribution in [0.1, 0.15) is 10.5 Å². The van der Waals surface area contributed by atoms with Gasteiger partial charge >= 0.3 is 5.97 Å². The van der Waals surface area contributed by atoms with Gasteiger partial charge < -0.3 is 14.7 Å². The van der Waals surface area contributed by atoms with E-state index < -0.39 is 5.97 Å². The molecule has 82 valence electrons. The van der Waals surface area contributed by atoms with Crippen LogP contribution >= 0.6 is 0 Å². The molecule has 0 spiro atoms. The number of carboxylic acids is 1. The van der Waals surface area contributed by atoms with E-state index in [4.69, 9.17) is 9.84 Å². The normalized spacial score (nSPS) is 10.0. The van der Waals surface area contributed by atoms with Crippen LogP contribution < -0.4 is 4.90 Å². The van der Waals surface area contributed by atoms with Crippen molar-refractivity contribution in [2.45, 2.75) is 0 Å². The quantitative estimate of drug-likeness (QED) is 0.752. The second-order valence-corrected chi connectivity index (χ2v) is 2.98. The van der Waals surface area contributed by atoms with E-state index in [9.17, 15) is 4.79 Å². The van der Waals surface area contributed by atoms with Gasteiger partial charge in [-0.15, -0.1) is 0 Å². The highest BCUT2D eigenvalue weighted by Crippen LogP contribution is 2.08. The Morgan fingerprint density at radius 2 is 2.33 bits per heavy atom. The molecule has 0 saturated heterocycles. The number of methoxy groups -OCH3 is 1. The lowest BCUT2D eigenvalue weighted by Gasteiger charge is -2.17. The average Bonchev–Trinajstić information content (AvgIpc) is 2.26. The number of hydrogen-bond donors (Lipinski definition) is 1. The molecule has 0 radical (unpaired) electrons. The molecule has 15 heavy (non-hydrogen) atoms. The van der Waals surface area contributed by atoms with Crippen molar-refractivity contribution in [3.63, 3.8) is 0 Å². The van der Waals surface area contributed by atoms with Gasteiger partial charge in [0.2, 0.25) is 0 Å². The van der Waals surface area contributed by atoms with Crippen molar-refractivity contribution in [1.29, 1.82) is 0 Å². The Morgan fingerprint density at radius 3 is 2.93 bits per heavy atom. The van der Waals surface area contributed by atoms with Crippen LogP contribution in [-0.2, 0) is 4.74 Å². The first-order valence-electron chi connectivity index (χ1n) is 4.40. The number of likely N-dealkylation sites (N-methyl/N-ethyl adjacent to an activating group) is 1. The molecule has 0 atom stereocenters. The van der Waals surface area contributed by atoms with Crippen molar-refractivity contribution in [2.75, 3.05) is 32.2 Å². The molecule has 0 unspecified atom stereocenters. The third-order valence-corrected chi connectivity index (χ3v) is 1.89. The monoisotopic (exact) mass is 211 g/mol. The molecule has 0 aliphatic carbocycles. The first kappa shape index (κ1) is 11.4. The van der Waals surface area contributed by atoms with Crippen molar-refractivity contribution in [2.24, 2.45) is 0 Å². The smallest absolute Gasteiger partial charge is 0.354 e. The highest BCUT2D eigenvalue weighted by molar-refractivity contribution is 5.86. The molecule has 0 aromatic carbocycles. The van der Waals surface area contributed by atoms with E-state index in [-0.39, 0.29) is 5.69 Å². The highest BCUT2D eigenvalue weighted by Gasteiger charge is 2.08. The molecule has 1 aromatic rings. The molecule has 0 fully saturated rings. The summed E-state index contributed by atoms with van der Waals surface area (Å²) in [7, 11) is 3.42. The predicted octanol–water partition coefficient (Wildman–Crippen LogP) is 0.257. The second kappa shape index (κ2) is 5.26. The fraction of sp³-hybridized carbons (Fsp3) is 0.444. The van der Waals surface area contributed by atoms with Gasteiger partial charge in [-0.2, -0.15) is 0 Å². The molecule has 0 aliphatic rings. The van der Waals surface area contributed by atoms with E-state index in [0.717, 1.165) is 0 Å². The first-order chi connectivity index (χ1) is 7.15. The molecule has 1 rings (SSSR count). The molecular formula is C9H13N3O3. The lowest BCUT2D eigenvalue weighted by atomic mass is 10.4. The number of rotatable bonds is 5. The summed E-state index contributed by atoms with van der Waals surface area (Å²) in [5.41, 5.74) is -0.00994. The molecule has 1 heterocycles. The number of anilines is 1. The molecular weight excluding hydrogens is 198 g/mol. The van der Waals surface area contributed by atoms with Crippen LogP contribution in [0.15, 0.2) is 12.4 Å². The maximum Gasteiger partial charge on any atom is 0.354 e. The summed E-state index contributed by atoms with van der Waals surface area (Å²) < 4.78 is 4.91. The lowest BCUT2D eigenvalue weighted by molar-refractivity contribution is 0.0690. The van der Waals surface area contributed by atoms with Crippen LogP contribution in [0.25, 0.3) is 0 Å². The summed E-state index contributed by atoms with van der Waals surface area (Å²) in [5.74, 6) is -0.488. The summed E-state index contributed by atoms with van der Waals surface area (Å²) >= 11 is 0. The van der Waals surface area contributed by atoms with Crippen LogP contribution in [0.3, 0.4) is 0 Å². The number of ether oxygens (including phenoxy) is 1. The zero-order valence-electron chi connectivity index (χ0n) is 8.67. The van der Waals surface area contributed by atoms with Crippen LogP contribution in [-0.4, -0.2) is 48.4 Å². The van der Waals surface area contributed by atoms with Crippen molar-refractivity contribution < 1.29 is 14.6 Å². The van der Waals surface area contributed by atoms with Crippen LogP contribution in [0.2, 0.25) is 0 Å². The minimum absolute atomic E-state index is 0.00994. The van der Waals surface area contributed by atoms with Gasteiger partial charge in [0.15, 0.2) is 5.69 Å². The summed E-state index contributed by atoms with van der Waals surface area (Å²) in [6.45, 7) is 1.20. The highest BCUT2D eigenvalue weighted by atomic mass is 16.5. The molecule has 6 heteroatoms. The number of hydrogen-bond acceptors (Lipinski definition) is 5. The topological polar surface area (TPSA) is 75.5 Å². The zero-order valence-corrected chi connectivity index (χ0v) is 8.67. The van der Waals surface area contributed by atoms with E-state index in [0.29, 0.717) is 19.0 Å². The molecule has 1 aromatic heterocycles. The van der Waals surface area contributed by atoms with Gasteiger partial charge in [0.1, 0.15) is 12.1 Å². The minimum atomic E-state index is -1.06. The van der Waals surface area contributed by atoms with E-state index in [1.807, 2.05) is 7.05 Å². The van der Waals surface area contributed by atoms with Crippen LogP contribution in [0.4, 0.5) is 5.82 Å². The Hall–Kier alpha value is -1.69. The van der Waals surface area contributed by atoms with Crippen molar-refractivity contribution >= 4 is 11.8 Å². The first-order valence-corrected chi connectivity index (χ1v) is 4.40. The van der Waals surface area contributed by atoms with E-state index in [2.05, 4.69) is 9.97 Å². The number of carboxylic acid groups (broad SMARTS) is 1. The Labute approximate surface area is 87.5 Å². The Morgan fingerprint density at radius 1 is 1.60 bits per heavy atom. The van der Waals surface area contributed by atoms with Gasteiger partial charge in [0.25, 0.3) is 0 Å². The van der Waals surface area contributed by atoms with Gasteiger partial charge in [-0.1, -0.05) is 0 Å². The Balaban J connectivity index is 2.76. The summed E-state index contributed by atoms with van der Waals surface area (Å²) in [5, 5.41) is 8.73. The van der Waals surface area contributed by atoms with Crippen LogP contribution in [0.5, 0.6) is 0 Å². The molecule has 0 amide bonds. The minimum Gasteiger partial charge on any atom is -0.477 e. The average molecular weight is 211 g/mol. The Kier molecular flexibility index (Phi) is 3.99. The van der Waals surface area contributed by atoms with Crippen molar-refractivity contribution in [1.82, 2.24) is 9.97 Å². The van der Waals surface area contributed by atoms with Crippen molar-refractivity contribution in [3.05, 3.63) is 18.1 Å². The van der Waals surface area contributed by atoms with Crippen molar-refractivity contribution in [3.8, 4) is 0 Å². The fourth-order valence-corrected chi connectivity index (χ4v) is 1.02. The Bertz CT molecular complexity index is 343. The predicted molar refractivity (Wildman–Crippen MR) is 54.1 cm³/mol. The van der Waals surface area contributed by atoms with E-state index >= 15 is 0 Å². The van der Waals surface area contributed by atoms with Gasteiger partial charge in [-0.3, -0.25) is 0 Å². The third kappa shape index (κ3) is 3.17. The zero-order chi connectivity index (χ0) is 11.3. The molecule has 0 aliphatic heterocycles. The van der Waals surface area contributed by atoms with Gasteiger partial charge in [-0.25, -0.2) is 14.8 Å². The van der Waals surface area contributed by atoms with Crippen LogP contribution in [0, 0.1) is 0 Å². The molecule has 0 saturated carbocycles. The maximum atomic E-state index is 10.7. The molecule has 6 nitrogen and oxygen atoms in total. The summed E-state index contributed by atoms with van der Waals surface area (Å²) in [4.78, 5) is 20.1. The fourth-order valence-electron chi connectivity index (χ4n) is 1.02. The largest absolute Gasteiger partial charge is 0.477 e. The number of aromatic nitrogens is 2. The number of carbonyl (C=O) groups is 1. The second-order valence-electron chi connectivity index (χ2n) is 2.98. The van der Waals surface area contributed by atoms with Gasteiger partial charge in [-0.05, 0) is 0 Å².